The van der Waals surface area contributed by atoms with Crippen LogP contribution >= 0.6 is 0 Å². The molecule has 0 spiro atoms. The van der Waals surface area contributed by atoms with Gasteiger partial charge in [0, 0.05) is 11.1 Å². The van der Waals surface area contributed by atoms with E-state index in [-0.39, 0.29) is 10.8 Å². The highest BCUT2D eigenvalue weighted by atomic mass is 16.5. The second-order valence-corrected chi connectivity index (χ2v) is 9.65. The molecule has 0 saturated carbocycles. The van der Waals surface area contributed by atoms with Gasteiger partial charge in [-0.05, 0) is 58.6 Å². The van der Waals surface area contributed by atoms with Gasteiger partial charge in [0.15, 0.2) is 0 Å². The van der Waals surface area contributed by atoms with Crippen LogP contribution < -0.4 is 4.74 Å². The van der Waals surface area contributed by atoms with Gasteiger partial charge in [-0.2, -0.15) is 0 Å². The average Bonchev–Trinajstić information content (AvgIpc) is 2.91. The molecule has 3 rings (SSSR count). The molecule has 26 heavy (non-hydrogen) atoms. The number of rotatable bonds is 2. The molecule has 0 N–H and O–H groups in total. The fraction of sp³-hybridized carbons (Fsp3) is 0.440. The van der Waals surface area contributed by atoms with Crippen molar-refractivity contribution >= 4 is 6.08 Å². The zero-order valence-corrected chi connectivity index (χ0v) is 17.6. The van der Waals surface area contributed by atoms with Gasteiger partial charge in [0.25, 0.3) is 0 Å². The first-order chi connectivity index (χ1) is 12.0. The summed E-state index contributed by atoms with van der Waals surface area (Å²) in [5.41, 5.74) is 9.48. The standard InChI is InChI=1S/C25H32O/c1-16-12-17-10-9-11-19(20(17)13-16)18-14-21(24(2,3)4)23(26-8)22(15-18)25(5,6)7/h9-11,13-15H,12H2,1-8H3. The van der Waals surface area contributed by atoms with Crippen molar-refractivity contribution in [2.45, 2.75) is 65.7 Å². The molecule has 0 amide bonds. The van der Waals surface area contributed by atoms with Crippen molar-refractivity contribution < 1.29 is 4.74 Å². The van der Waals surface area contributed by atoms with Crippen molar-refractivity contribution in [1.29, 1.82) is 0 Å². The predicted octanol–water partition coefficient (Wildman–Crippen LogP) is 6.92. The Morgan fingerprint density at radius 2 is 1.46 bits per heavy atom. The monoisotopic (exact) mass is 348 g/mol. The third-order valence-electron chi connectivity index (χ3n) is 5.28. The van der Waals surface area contributed by atoms with Gasteiger partial charge in [-0.15, -0.1) is 0 Å². The van der Waals surface area contributed by atoms with E-state index in [9.17, 15) is 0 Å². The minimum Gasteiger partial charge on any atom is -0.496 e. The van der Waals surface area contributed by atoms with Crippen LogP contribution in [0.25, 0.3) is 17.2 Å². The van der Waals surface area contributed by atoms with Gasteiger partial charge >= 0.3 is 0 Å². The van der Waals surface area contributed by atoms with Crippen LogP contribution in [-0.2, 0) is 17.3 Å². The van der Waals surface area contributed by atoms with E-state index in [2.05, 4.69) is 84.9 Å². The molecule has 1 aliphatic carbocycles. The fourth-order valence-corrected chi connectivity index (χ4v) is 3.91. The Kier molecular flexibility index (Phi) is 4.55. The molecular weight excluding hydrogens is 316 g/mol. The Morgan fingerprint density at radius 1 is 0.885 bits per heavy atom. The maximum Gasteiger partial charge on any atom is 0.126 e. The van der Waals surface area contributed by atoms with Crippen molar-refractivity contribution in [1.82, 2.24) is 0 Å². The highest BCUT2D eigenvalue weighted by molar-refractivity contribution is 5.82. The first-order valence-corrected chi connectivity index (χ1v) is 9.55. The summed E-state index contributed by atoms with van der Waals surface area (Å²) in [7, 11) is 1.80. The van der Waals surface area contributed by atoms with Gasteiger partial charge < -0.3 is 4.74 Å². The van der Waals surface area contributed by atoms with E-state index in [4.69, 9.17) is 4.74 Å². The molecule has 1 nitrogen and oxygen atoms in total. The van der Waals surface area contributed by atoms with E-state index in [0.717, 1.165) is 12.2 Å². The number of benzene rings is 2. The molecule has 0 atom stereocenters. The summed E-state index contributed by atoms with van der Waals surface area (Å²) in [6.07, 6.45) is 3.42. The molecule has 0 aliphatic heterocycles. The summed E-state index contributed by atoms with van der Waals surface area (Å²) in [5.74, 6) is 1.04. The Hall–Kier alpha value is -2.02. The maximum absolute atomic E-state index is 5.92. The topological polar surface area (TPSA) is 9.23 Å². The predicted molar refractivity (Wildman–Crippen MR) is 113 cm³/mol. The van der Waals surface area contributed by atoms with Gasteiger partial charge in [0.1, 0.15) is 5.75 Å². The van der Waals surface area contributed by atoms with Crippen LogP contribution in [0.15, 0.2) is 35.9 Å². The smallest absolute Gasteiger partial charge is 0.126 e. The van der Waals surface area contributed by atoms with Crippen molar-refractivity contribution in [3.05, 3.63) is 58.2 Å². The van der Waals surface area contributed by atoms with Crippen molar-refractivity contribution in [3.8, 4) is 16.9 Å². The Labute approximate surface area is 159 Å². The second kappa shape index (κ2) is 6.30. The lowest BCUT2D eigenvalue weighted by Crippen LogP contribution is -2.19. The molecule has 0 heterocycles. The minimum atomic E-state index is 0.0189. The third kappa shape index (κ3) is 3.32. The van der Waals surface area contributed by atoms with E-state index >= 15 is 0 Å². The van der Waals surface area contributed by atoms with Crippen LogP contribution in [0.5, 0.6) is 5.75 Å². The summed E-state index contributed by atoms with van der Waals surface area (Å²) in [4.78, 5) is 0. The summed E-state index contributed by atoms with van der Waals surface area (Å²) in [6, 6.07) is 11.4. The fourth-order valence-electron chi connectivity index (χ4n) is 3.91. The van der Waals surface area contributed by atoms with Gasteiger partial charge in [0.2, 0.25) is 0 Å². The molecule has 0 fully saturated rings. The number of fused-ring (bicyclic) bond motifs is 1. The molecule has 0 radical (unpaired) electrons. The van der Waals surface area contributed by atoms with E-state index in [1.54, 1.807) is 7.11 Å². The van der Waals surface area contributed by atoms with Gasteiger partial charge in [-0.3, -0.25) is 0 Å². The van der Waals surface area contributed by atoms with Crippen LogP contribution in [0.4, 0.5) is 0 Å². The van der Waals surface area contributed by atoms with E-state index in [1.807, 2.05) is 0 Å². The highest BCUT2D eigenvalue weighted by Gasteiger charge is 2.28. The molecule has 0 saturated heterocycles. The summed E-state index contributed by atoms with van der Waals surface area (Å²) in [5, 5.41) is 0. The summed E-state index contributed by atoms with van der Waals surface area (Å²) < 4.78 is 5.92. The first-order valence-electron chi connectivity index (χ1n) is 9.55. The number of allylic oxidation sites excluding steroid dienone is 1. The Balaban J connectivity index is 2.33. The molecule has 0 aromatic heterocycles. The van der Waals surface area contributed by atoms with Gasteiger partial charge in [-0.25, -0.2) is 0 Å². The van der Waals surface area contributed by atoms with Crippen molar-refractivity contribution in [2.24, 2.45) is 0 Å². The minimum absolute atomic E-state index is 0.0189. The van der Waals surface area contributed by atoms with Crippen LogP contribution in [0.2, 0.25) is 0 Å². The first kappa shape index (κ1) is 18.8. The normalized spacial score (nSPS) is 14.2. The van der Waals surface area contributed by atoms with E-state index in [1.165, 1.54) is 39.0 Å². The van der Waals surface area contributed by atoms with Crippen LogP contribution in [0.1, 0.15) is 70.7 Å². The quantitative estimate of drug-likeness (QED) is 0.572. The summed E-state index contributed by atoms with van der Waals surface area (Å²) >= 11 is 0. The molecule has 138 valence electrons. The number of ether oxygens (including phenoxy) is 1. The van der Waals surface area contributed by atoms with Crippen LogP contribution in [-0.4, -0.2) is 7.11 Å². The Bertz CT molecular complexity index is 835. The molecule has 0 unspecified atom stereocenters. The summed E-state index contributed by atoms with van der Waals surface area (Å²) in [6.45, 7) is 15.8. The number of methoxy groups -OCH3 is 1. The van der Waals surface area contributed by atoms with Crippen molar-refractivity contribution in [2.75, 3.05) is 7.11 Å². The second-order valence-electron chi connectivity index (χ2n) is 9.65. The molecule has 1 aliphatic rings. The highest BCUT2D eigenvalue weighted by Crippen LogP contribution is 2.44. The Morgan fingerprint density at radius 3 is 1.96 bits per heavy atom. The van der Waals surface area contributed by atoms with Gasteiger partial charge in [-0.1, -0.05) is 71.4 Å². The average molecular weight is 349 g/mol. The molecule has 2 aromatic rings. The zero-order valence-electron chi connectivity index (χ0n) is 17.6. The largest absolute Gasteiger partial charge is 0.496 e. The van der Waals surface area contributed by atoms with E-state index < -0.39 is 0 Å². The number of hydrogen-bond acceptors (Lipinski definition) is 1. The maximum atomic E-state index is 5.92. The van der Waals surface area contributed by atoms with Crippen molar-refractivity contribution in [3.63, 3.8) is 0 Å². The molecule has 1 heteroatoms. The SMILES string of the molecule is COc1c(C(C)(C)C)cc(-c2cccc3c2C=C(C)C3)cc1C(C)(C)C. The lowest BCUT2D eigenvalue weighted by molar-refractivity contribution is 0.381. The lowest BCUT2D eigenvalue weighted by atomic mass is 9.77. The number of hydrogen-bond donors (Lipinski definition) is 0. The molecule has 2 aromatic carbocycles. The van der Waals surface area contributed by atoms with E-state index in [0.29, 0.717) is 0 Å². The van der Waals surface area contributed by atoms with Crippen LogP contribution in [0.3, 0.4) is 0 Å². The zero-order chi connectivity index (χ0) is 19.3. The molecular formula is C25H32O. The lowest BCUT2D eigenvalue weighted by Gasteiger charge is -2.30. The third-order valence-corrected chi connectivity index (χ3v) is 5.28. The van der Waals surface area contributed by atoms with Crippen LogP contribution in [0, 0.1) is 0 Å². The van der Waals surface area contributed by atoms with Gasteiger partial charge in [0.05, 0.1) is 7.11 Å². The molecule has 0 bridgehead atoms.